The lowest BCUT2D eigenvalue weighted by Crippen LogP contribution is -2.49. The van der Waals surface area contributed by atoms with Gasteiger partial charge in [-0.05, 0) is 63.6 Å². The van der Waals surface area contributed by atoms with Crippen molar-refractivity contribution < 1.29 is 19.5 Å². The Kier molecular flexibility index (Phi) is 4.26. The van der Waals surface area contributed by atoms with E-state index in [2.05, 4.69) is 31.9 Å². The highest BCUT2D eigenvalue weighted by atomic mass is 79.9. The van der Waals surface area contributed by atoms with Gasteiger partial charge in [-0.1, -0.05) is 0 Å². The highest BCUT2D eigenvalue weighted by molar-refractivity contribution is 9.12. The molecule has 3 rings (SSSR count). The summed E-state index contributed by atoms with van der Waals surface area (Å²) in [6.45, 7) is 0. The van der Waals surface area contributed by atoms with Crippen molar-refractivity contribution >= 4 is 49.6 Å². The summed E-state index contributed by atoms with van der Waals surface area (Å²) in [6, 6.07) is -0.219. The van der Waals surface area contributed by atoms with Crippen LogP contribution in [0.2, 0.25) is 0 Å². The smallest absolute Gasteiger partial charge is 0.268 e. The van der Waals surface area contributed by atoms with Crippen LogP contribution in [0, 0.1) is 0 Å². The van der Waals surface area contributed by atoms with E-state index in [4.69, 9.17) is 0 Å². The molecule has 8 heteroatoms. The predicted octanol–water partition coefficient (Wildman–Crippen LogP) is 1.38. The molecule has 3 aliphatic rings. The Bertz CT molecular complexity index is 608. The molecular weight excluding hydrogens is 420 g/mol. The van der Waals surface area contributed by atoms with Crippen molar-refractivity contribution in [3.8, 4) is 0 Å². The van der Waals surface area contributed by atoms with Crippen LogP contribution in [0.5, 0.6) is 0 Å². The number of rotatable bonds is 2. The number of halogens is 2. The van der Waals surface area contributed by atoms with Crippen molar-refractivity contribution in [2.24, 2.45) is 0 Å². The molecule has 0 saturated heterocycles. The first kappa shape index (κ1) is 15.9. The molecule has 6 nitrogen and oxygen atoms in total. The number of aliphatic hydroxyl groups is 1. The Balaban J connectivity index is 1.63. The molecule has 0 aromatic carbocycles. The van der Waals surface area contributed by atoms with Gasteiger partial charge in [0.05, 0.1) is 8.96 Å². The summed E-state index contributed by atoms with van der Waals surface area (Å²) in [4.78, 5) is 38.6. The summed E-state index contributed by atoms with van der Waals surface area (Å²) in [5.74, 6) is -0.800. The second-order valence-corrected chi connectivity index (χ2v) is 7.32. The van der Waals surface area contributed by atoms with Crippen molar-refractivity contribution in [1.82, 2.24) is 9.80 Å². The zero-order valence-corrected chi connectivity index (χ0v) is 14.7. The first-order valence-electron chi connectivity index (χ1n) is 7.03. The number of amides is 3. The van der Waals surface area contributed by atoms with Gasteiger partial charge in [-0.2, -0.15) is 0 Å². The topological polar surface area (TPSA) is 77.9 Å². The third-order valence-electron chi connectivity index (χ3n) is 4.35. The summed E-state index contributed by atoms with van der Waals surface area (Å²) < 4.78 is 0.665. The molecule has 0 bridgehead atoms. The molecule has 118 valence electrons. The number of carbonyl (C=O) groups excluding carboxylic acids is 3. The Hall–Kier alpha value is -0.990. The van der Waals surface area contributed by atoms with E-state index >= 15 is 0 Å². The molecule has 0 aromatic heterocycles. The predicted molar refractivity (Wildman–Crippen MR) is 84.8 cm³/mol. The van der Waals surface area contributed by atoms with E-state index in [0.29, 0.717) is 30.2 Å². The van der Waals surface area contributed by atoms with Crippen molar-refractivity contribution in [1.29, 1.82) is 0 Å². The van der Waals surface area contributed by atoms with E-state index in [1.54, 1.807) is 0 Å². The molecular formula is C14H14Br2N2O4. The van der Waals surface area contributed by atoms with Gasteiger partial charge in [0.2, 0.25) is 0 Å². The summed E-state index contributed by atoms with van der Waals surface area (Å²) >= 11 is 6.23. The minimum atomic E-state index is -0.908. The molecule has 22 heavy (non-hydrogen) atoms. The molecule has 1 aliphatic carbocycles. The fraction of sp³-hybridized carbons (Fsp3) is 0.500. The summed E-state index contributed by atoms with van der Waals surface area (Å²) in [5, 5.41) is 9.94. The summed E-state index contributed by atoms with van der Waals surface area (Å²) in [6.07, 6.45) is 4.42. The average Bonchev–Trinajstić information content (AvgIpc) is 2.87. The average molecular weight is 434 g/mol. The number of carbonyl (C=O) groups is 3. The van der Waals surface area contributed by atoms with Crippen LogP contribution in [0.15, 0.2) is 21.1 Å². The molecule has 1 N–H and O–H groups in total. The molecule has 0 radical (unpaired) electrons. The molecule has 1 saturated carbocycles. The van der Waals surface area contributed by atoms with Crippen molar-refractivity contribution in [2.75, 3.05) is 0 Å². The molecule has 0 spiro atoms. The minimum absolute atomic E-state index is 0.0748. The number of hydrogen-bond donors (Lipinski definition) is 1. The highest BCUT2D eigenvalue weighted by Crippen LogP contribution is 2.34. The van der Waals surface area contributed by atoms with Crippen molar-refractivity contribution in [3.63, 3.8) is 0 Å². The Morgan fingerprint density at radius 1 is 0.955 bits per heavy atom. The van der Waals surface area contributed by atoms with E-state index < -0.39 is 6.23 Å². The van der Waals surface area contributed by atoms with Gasteiger partial charge in [0.15, 0.2) is 6.23 Å². The highest BCUT2D eigenvalue weighted by Gasteiger charge is 2.41. The van der Waals surface area contributed by atoms with Gasteiger partial charge < -0.3 is 10.0 Å². The van der Waals surface area contributed by atoms with E-state index in [0.717, 1.165) is 0 Å². The second kappa shape index (κ2) is 5.90. The van der Waals surface area contributed by atoms with Gasteiger partial charge in [0.25, 0.3) is 17.7 Å². The molecule has 2 heterocycles. The number of aliphatic hydroxyl groups excluding tert-OH is 1. The molecule has 1 unspecified atom stereocenters. The van der Waals surface area contributed by atoms with Crippen LogP contribution < -0.4 is 0 Å². The maximum atomic E-state index is 12.0. The fourth-order valence-electron chi connectivity index (χ4n) is 3.30. The fourth-order valence-corrected chi connectivity index (χ4v) is 4.13. The van der Waals surface area contributed by atoms with E-state index in [-0.39, 0.29) is 34.3 Å². The standard InChI is InChI=1S/C14H14Br2N2O4/c15-9-5-11(19)17(13(9)21)7-1-2-8(4-3-7)18-12(20)6-10(16)14(18)22/h5-8,11,19H,1-4H2. The van der Waals surface area contributed by atoms with E-state index in [9.17, 15) is 19.5 Å². The van der Waals surface area contributed by atoms with Gasteiger partial charge in [-0.15, -0.1) is 0 Å². The normalized spacial score (nSPS) is 32.7. The third-order valence-corrected chi connectivity index (χ3v) is 5.53. The van der Waals surface area contributed by atoms with Crippen molar-refractivity contribution in [2.45, 2.75) is 44.0 Å². The zero-order chi connectivity index (χ0) is 16.0. The lowest BCUT2D eigenvalue weighted by Gasteiger charge is -2.38. The van der Waals surface area contributed by atoms with Crippen molar-refractivity contribution in [3.05, 3.63) is 21.1 Å². The van der Waals surface area contributed by atoms with E-state index in [1.165, 1.54) is 22.0 Å². The van der Waals surface area contributed by atoms with Crippen LogP contribution in [-0.2, 0) is 14.4 Å². The van der Waals surface area contributed by atoms with Crippen LogP contribution in [0.25, 0.3) is 0 Å². The zero-order valence-electron chi connectivity index (χ0n) is 11.5. The van der Waals surface area contributed by atoms with Crippen LogP contribution in [0.1, 0.15) is 25.7 Å². The SMILES string of the molecule is O=C1C=C(Br)C(=O)N1C1CCC(N2C(=O)C(Br)=CC2O)CC1. The van der Waals surface area contributed by atoms with Gasteiger partial charge in [-0.3, -0.25) is 19.3 Å². The first-order valence-corrected chi connectivity index (χ1v) is 8.61. The lowest BCUT2D eigenvalue weighted by atomic mass is 9.89. The quantitative estimate of drug-likeness (QED) is 0.667. The minimum Gasteiger partial charge on any atom is -0.370 e. The maximum Gasteiger partial charge on any atom is 0.268 e. The van der Waals surface area contributed by atoms with Gasteiger partial charge in [0, 0.05) is 18.2 Å². The monoisotopic (exact) mass is 432 g/mol. The molecule has 0 aromatic rings. The number of imide groups is 1. The number of hydrogen-bond acceptors (Lipinski definition) is 4. The Labute approximate surface area is 144 Å². The Morgan fingerprint density at radius 3 is 2.00 bits per heavy atom. The second-order valence-electron chi connectivity index (χ2n) is 5.61. The van der Waals surface area contributed by atoms with Gasteiger partial charge in [0.1, 0.15) is 0 Å². The summed E-state index contributed by atoms with van der Waals surface area (Å²) in [7, 11) is 0. The Morgan fingerprint density at radius 2 is 1.55 bits per heavy atom. The first-order chi connectivity index (χ1) is 10.4. The summed E-state index contributed by atoms with van der Waals surface area (Å²) in [5.41, 5.74) is 0. The van der Waals surface area contributed by atoms with Crippen LogP contribution in [0.4, 0.5) is 0 Å². The lowest BCUT2D eigenvalue weighted by molar-refractivity contribution is -0.143. The van der Waals surface area contributed by atoms with Gasteiger partial charge >= 0.3 is 0 Å². The largest absolute Gasteiger partial charge is 0.370 e. The van der Waals surface area contributed by atoms with E-state index in [1.807, 2.05) is 0 Å². The van der Waals surface area contributed by atoms with Crippen LogP contribution in [0.3, 0.4) is 0 Å². The van der Waals surface area contributed by atoms with Crippen LogP contribution >= 0.6 is 31.9 Å². The molecule has 1 fully saturated rings. The number of nitrogens with zero attached hydrogens (tertiary/aromatic N) is 2. The molecule has 2 aliphatic heterocycles. The van der Waals surface area contributed by atoms with Crippen LogP contribution in [-0.4, -0.2) is 50.9 Å². The molecule has 3 amide bonds. The van der Waals surface area contributed by atoms with Gasteiger partial charge in [-0.25, -0.2) is 0 Å². The molecule has 1 atom stereocenters. The maximum absolute atomic E-state index is 12.0. The third kappa shape index (κ3) is 2.57.